The fourth-order valence-electron chi connectivity index (χ4n) is 1.93. The standard InChI is InChI=1S/C15H19FN4O/c1-3-17-15(18-10-14-7-8-21-19-14)20(2)11-12-5-4-6-13(16)9-12/h4-9H,3,10-11H2,1-2H3,(H,17,18). The van der Waals surface area contributed by atoms with E-state index in [0.29, 0.717) is 13.1 Å². The summed E-state index contributed by atoms with van der Waals surface area (Å²) in [5, 5.41) is 7.03. The van der Waals surface area contributed by atoms with Gasteiger partial charge in [0.15, 0.2) is 5.96 Å². The van der Waals surface area contributed by atoms with Crippen LogP contribution in [0.2, 0.25) is 0 Å². The lowest BCUT2D eigenvalue weighted by molar-refractivity contribution is 0.411. The first-order valence-electron chi connectivity index (χ1n) is 6.82. The summed E-state index contributed by atoms with van der Waals surface area (Å²) in [5.41, 5.74) is 1.66. The minimum atomic E-state index is -0.231. The number of nitrogens with one attached hydrogen (secondary N) is 1. The van der Waals surface area contributed by atoms with Crippen LogP contribution in [0, 0.1) is 5.82 Å². The maximum atomic E-state index is 13.2. The van der Waals surface area contributed by atoms with Gasteiger partial charge in [0, 0.05) is 26.2 Å². The van der Waals surface area contributed by atoms with Gasteiger partial charge in [-0.05, 0) is 24.6 Å². The highest BCUT2D eigenvalue weighted by Crippen LogP contribution is 2.07. The molecule has 0 saturated heterocycles. The van der Waals surface area contributed by atoms with Crippen molar-refractivity contribution in [3.05, 3.63) is 53.7 Å². The molecule has 0 atom stereocenters. The van der Waals surface area contributed by atoms with Gasteiger partial charge in [-0.3, -0.25) is 0 Å². The van der Waals surface area contributed by atoms with Crippen molar-refractivity contribution in [1.29, 1.82) is 0 Å². The van der Waals surface area contributed by atoms with Crippen LogP contribution < -0.4 is 5.32 Å². The third kappa shape index (κ3) is 4.59. The molecule has 1 aromatic carbocycles. The molecule has 5 nitrogen and oxygen atoms in total. The lowest BCUT2D eigenvalue weighted by Gasteiger charge is -2.22. The third-order valence-corrected chi connectivity index (χ3v) is 2.89. The highest BCUT2D eigenvalue weighted by molar-refractivity contribution is 5.79. The molecule has 0 aliphatic rings. The van der Waals surface area contributed by atoms with Crippen molar-refractivity contribution in [1.82, 2.24) is 15.4 Å². The van der Waals surface area contributed by atoms with Gasteiger partial charge in [-0.15, -0.1) is 0 Å². The van der Waals surface area contributed by atoms with Crippen LogP contribution in [0.4, 0.5) is 4.39 Å². The maximum Gasteiger partial charge on any atom is 0.194 e. The van der Waals surface area contributed by atoms with Crippen LogP contribution in [0.15, 0.2) is 46.1 Å². The molecule has 0 fully saturated rings. The predicted molar refractivity (Wildman–Crippen MR) is 79.2 cm³/mol. The van der Waals surface area contributed by atoms with Gasteiger partial charge in [-0.2, -0.15) is 0 Å². The summed E-state index contributed by atoms with van der Waals surface area (Å²) >= 11 is 0. The Morgan fingerprint density at radius 1 is 1.43 bits per heavy atom. The van der Waals surface area contributed by atoms with E-state index in [-0.39, 0.29) is 5.82 Å². The predicted octanol–water partition coefficient (Wildman–Crippen LogP) is 2.41. The molecule has 2 aromatic rings. The number of guanidine groups is 1. The molecule has 1 aromatic heterocycles. The molecule has 1 heterocycles. The third-order valence-electron chi connectivity index (χ3n) is 2.89. The first kappa shape index (κ1) is 15.0. The Hall–Kier alpha value is -2.37. The Kier molecular flexibility index (Phi) is 5.31. The Morgan fingerprint density at radius 3 is 2.95 bits per heavy atom. The number of benzene rings is 1. The van der Waals surface area contributed by atoms with Gasteiger partial charge < -0.3 is 14.7 Å². The molecular weight excluding hydrogens is 271 g/mol. The van der Waals surface area contributed by atoms with Crippen molar-refractivity contribution < 1.29 is 8.91 Å². The molecule has 0 aliphatic carbocycles. The van der Waals surface area contributed by atoms with Crippen LogP contribution >= 0.6 is 0 Å². The molecule has 1 N–H and O–H groups in total. The van der Waals surface area contributed by atoms with Crippen LogP contribution in [-0.4, -0.2) is 29.6 Å². The SMILES string of the molecule is CCNC(=NCc1ccon1)N(C)Cc1cccc(F)c1. The normalized spacial score (nSPS) is 11.5. The second-order valence-corrected chi connectivity index (χ2v) is 4.65. The first-order valence-corrected chi connectivity index (χ1v) is 6.82. The van der Waals surface area contributed by atoms with Crippen molar-refractivity contribution in [3.63, 3.8) is 0 Å². The molecule has 0 bridgehead atoms. The summed E-state index contributed by atoms with van der Waals surface area (Å²) in [6.45, 7) is 3.77. The lowest BCUT2D eigenvalue weighted by Crippen LogP contribution is -2.38. The molecule has 112 valence electrons. The van der Waals surface area contributed by atoms with Crippen LogP contribution in [0.1, 0.15) is 18.2 Å². The molecule has 0 saturated carbocycles. The molecule has 2 rings (SSSR count). The Balaban J connectivity index is 2.04. The Morgan fingerprint density at radius 2 is 2.29 bits per heavy atom. The van der Waals surface area contributed by atoms with Gasteiger partial charge in [0.25, 0.3) is 0 Å². The first-order chi connectivity index (χ1) is 10.2. The average Bonchev–Trinajstić information content (AvgIpc) is 2.96. The minimum absolute atomic E-state index is 0.231. The fraction of sp³-hybridized carbons (Fsp3) is 0.333. The van der Waals surface area contributed by atoms with Crippen molar-refractivity contribution in [2.75, 3.05) is 13.6 Å². The van der Waals surface area contributed by atoms with E-state index in [1.165, 1.54) is 18.4 Å². The molecule has 6 heteroatoms. The number of hydrogen-bond acceptors (Lipinski definition) is 3. The summed E-state index contributed by atoms with van der Waals surface area (Å²) in [5.74, 6) is 0.509. The van der Waals surface area contributed by atoms with E-state index in [1.807, 2.05) is 24.9 Å². The Labute approximate surface area is 123 Å². The molecule has 0 aliphatic heterocycles. The quantitative estimate of drug-likeness (QED) is 0.678. The summed E-state index contributed by atoms with van der Waals surface area (Å²) in [6.07, 6.45) is 1.52. The monoisotopic (exact) mass is 290 g/mol. The van der Waals surface area contributed by atoms with E-state index in [2.05, 4.69) is 15.5 Å². The van der Waals surface area contributed by atoms with E-state index in [0.717, 1.165) is 23.8 Å². The number of aliphatic imine (C=N–C) groups is 1. The number of halogens is 1. The van der Waals surface area contributed by atoms with Gasteiger partial charge in [0.05, 0.1) is 6.54 Å². The average molecular weight is 290 g/mol. The smallest absolute Gasteiger partial charge is 0.194 e. The molecule has 21 heavy (non-hydrogen) atoms. The number of aromatic nitrogens is 1. The van der Waals surface area contributed by atoms with Crippen molar-refractivity contribution in [2.24, 2.45) is 4.99 Å². The van der Waals surface area contributed by atoms with E-state index < -0.39 is 0 Å². The largest absolute Gasteiger partial charge is 0.364 e. The van der Waals surface area contributed by atoms with Crippen molar-refractivity contribution in [2.45, 2.75) is 20.0 Å². The van der Waals surface area contributed by atoms with E-state index in [1.54, 1.807) is 12.1 Å². The topological polar surface area (TPSA) is 53.7 Å². The second kappa shape index (κ2) is 7.42. The number of hydrogen-bond donors (Lipinski definition) is 1. The van der Waals surface area contributed by atoms with Crippen LogP contribution in [0.5, 0.6) is 0 Å². The Bertz CT molecular complexity index is 583. The fourth-order valence-corrected chi connectivity index (χ4v) is 1.93. The van der Waals surface area contributed by atoms with Gasteiger partial charge in [-0.1, -0.05) is 17.3 Å². The van der Waals surface area contributed by atoms with E-state index >= 15 is 0 Å². The summed E-state index contributed by atoms with van der Waals surface area (Å²) < 4.78 is 18.0. The lowest BCUT2D eigenvalue weighted by atomic mass is 10.2. The zero-order chi connectivity index (χ0) is 15.1. The number of nitrogens with zero attached hydrogens (tertiary/aromatic N) is 3. The van der Waals surface area contributed by atoms with Crippen LogP contribution in [-0.2, 0) is 13.1 Å². The molecular formula is C15H19FN4O. The molecule has 0 unspecified atom stereocenters. The molecule has 0 radical (unpaired) electrons. The second-order valence-electron chi connectivity index (χ2n) is 4.65. The van der Waals surface area contributed by atoms with E-state index in [4.69, 9.17) is 4.52 Å². The van der Waals surface area contributed by atoms with Gasteiger partial charge in [-0.25, -0.2) is 9.38 Å². The van der Waals surface area contributed by atoms with Gasteiger partial charge >= 0.3 is 0 Å². The maximum absolute atomic E-state index is 13.2. The van der Waals surface area contributed by atoms with Crippen LogP contribution in [0.3, 0.4) is 0 Å². The van der Waals surface area contributed by atoms with Gasteiger partial charge in [0.2, 0.25) is 0 Å². The van der Waals surface area contributed by atoms with Gasteiger partial charge in [0.1, 0.15) is 17.8 Å². The molecule has 0 spiro atoms. The molecule has 0 amide bonds. The van der Waals surface area contributed by atoms with Crippen molar-refractivity contribution >= 4 is 5.96 Å². The zero-order valence-corrected chi connectivity index (χ0v) is 12.2. The number of rotatable bonds is 5. The van der Waals surface area contributed by atoms with Crippen LogP contribution in [0.25, 0.3) is 0 Å². The summed E-state index contributed by atoms with van der Waals surface area (Å²) in [4.78, 5) is 6.43. The highest BCUT2D eigenvalue weighted by Gasteiger charge is 2.07. The summed E-state index contributed by atoms with van der Waals surface area (Å²) in [7, 11) is 1.91. The van der Waals surface area contributed by atoms with Crippen molar-refractivity contribution in [3.8, 4) is 0 Å². The van der Waals surface area contributed by atoms with E-state index in [9.17, 15) is 4.39 Å². The minimum Gasteiger partial charge on any atom is -0.364 e. The highest BCUT2D eigenvalue weighted by atomic mass is 19.1. The zero-order valence-electron chi connectivity index (χ0n) is 12.2. The summed E-state index contributed by atoms with van der Waals surface area (Å²) in [6, 6.07) is 8.34.